The van der Waals surface area contributed by atoms with Gasteiger partial charge in [0.15, 0.2) is 5.82 Å². The Morgan fingerprint density at radius 1 is 1.22 bits per heavy atom. The van der Waals surface area contributed by atoms with E-state index in [-0.39, 0.29) is 11.9 Å². The molecule has 0 aliphatic carbocycles. The summed E-state index contributed by atoms with van der Waals surface area (Å²) in [6, 6.07) is 13.3. The van der Waals surface area contributed by atoms with Crippen LogP contribution in [0.5, 0.6) is 5.75 Å². The van der Waals surface area contributed by atoms with Crippen LogP contribution in [0.1, 0.15) is 22.0 Å². The van der Waals surface area contributed by atoms with E-state index in [0.717, 1.165) is 11.3 Å². The predicted molar refractivity (Wildman–Crippen MR) is 103 cm³/mol. The zero-order valence-corrected chi connectivity index (χ0v) is 15.7. The first-order valence-electron chi connectivity index (χ1n) is 8.63. The molecule has 0 fully saturated rings. The number of amides is 1. The normalized spacial score (nSPS) is 12.0. The fraction of sp³-hybridized carbons (Fsp3) is 0.250. The number of carbonyl (C=O) groups excluding carboxylic acids is 1. The van der Waals surface area contributed by atoms with Crippen molar-refractivity contribution in [3.05, 3.63) is 72.2 Å². The van der Waals surface area contributed by atoms with Crippen LogP contribution in [0.2, 0.25) is 0 Å². The largest absolute Gasteiger partial charge is 0.497 e. The van der Waals surface area contributed by atoms with Gasteiger partial charge in [0.1, 0.15) is 5.75 Å². The maximum Gasteiger partial charge on any atom is 0.252 e. The van der Waals surface area contributed by atoms with Gasteiger partial charge < -0.3 is 15.0 Å². The average Bonchev–Trinajstić information content (AvgIpc) is 3.23. The van der Waals surface area contributed by atoms with Crippen LogP contribution in [-0.4, -0.2) is 53.3 Å². The Hall–Kier alpha value is -3.19. The molecule has 0 saturated heterocycles. The van der Waals surface area contributed by atoms with Gasteiger partial charge in [-0.2, -0.15) is 5.10 Å². The standard InChI is InChI=1S/C20H23N5O2/c1-24(2)18(15-5-8-17(27-3)9-6-15)14-22-20(26)16-7-10-19(21-13-16)25-12-4-11-23-25/h4-13,18H,14H2,1-3H3,(H,22,26). The minimum Gasteiger partial charge on any atom is -0.497 e. The van der Waals surface area contributed by atoms with Crippen molar-refractivity contribution < 1.29 is 9.53 Å². The van der Waals surface area contributed by atoms with Gasteiger partial charge in [0.25, 0.3) is 5.91 Å². The molecule has 1 N–H and O–H groups in total. The molecule has 0 aliphatic rings. The number of hydrogen-bond donors (Lipinski definition) is 1. The Kier molecular flexibility index (Phi) is 5.83. The van der Waals surface area contributed by atoms with Crippen LogP contribution >= 0.6 is 0 Å². The van der Waals surface area contributed by atoms with E-state index in [4.69, 9.17) is 4.74 Å². The number of nitrogens with one attached hydrogen (secondary N) is 1. The van der Waals surface area contributed by atoms with Crippen molar-refractivity contribution in [1.82, 2.24) is 25.0 Å². The van der Waals surface area contributed by atoms with Crippen molar-refractivity contribution in [3.63, 3.8) is 0 Å². The SMILES string of the molecule is COc1ccc(C(CNC(=O)c2ccc(-n3cccn3)nc2)N(C)C)cc1. The van der Waals surface area contributed by atoms with Crippen LogP contribution in [-0.2, 0) is 0 Å². The van der Waals surface area contributed by atoms with Gasteiger partial charge in [0, 0.05) is 25.1 Å². The Morgan fingerprint density at radius 3 is 2.56 bits per heavy atom. The molecule has 0 saturated carbocycles. The minimum atomic E-state index is -0.158. The van der Waals surface area contributed by atoms with Gasteiger partial charge in [-0.15, -0.1) is 0 Å². The molecule has 1 unspecified atom stereocenters. The third-order valence-corrected chi connectivity index (χ3v) is 4.33. The second-order valence-electron chi connectivity index (χ2n) is 6.32. The quantitative estimate of drug-likeness (QED) is 0.696. The minimum absolute atomic E-state index is 0.0520. The van der Waals surface area contributed by atoms with Crippen molar-refractivity contribution in [1.29, 1.82) is 0 Å². The summed E-state index contributed by atoms with van der Waals surface area (Å²) in [5.41, 5.74) is 1.62. The van der Waals surface area contributed by atoms with Crippen LogP contribution in [0.3, 0.4) is 0 Å². The average molecular weight is 365 g/mol. The molecule has 1 amide bonds. The summed E-state index contributed by atoms with van der Waals surface area (Å²) >= 11 is 0. The third-order valence-electron chi connectivity index (χ3n) is 4.33. The first kappa shape index (κ1) is 18.6. The maximum absolute atomic E-state index is 12.5. The van der Waals surface area contributed by atoms with Gasteiger partial charge in [-0.1, -0.05) is 12.1 Å². The molecule has 3 aromatic rings. The van der Waals surface area contributed by atoms with Crippen molar-refractivity contribution in [2.45, 2.75) is 6.04 Å². The molecular weight excluding hydrogens is 342 g/mol. The number of methoxy groups -OCH3 is 1. The second-order valence-corrected chi connectivity index (χ2v) is 6.32. The first-order chi connectivity index (χ1) is 13.1. The van der Waals surface area contributed by atoms with Crippen LogP contribution in [0, 0.1) is 0 Å². The number of aromatic nitrogens is 3. The van der Waals surface area contributed by atoms with Gasteiger partial charge in [-0.25, -0.2) is 9.67 Å². The molecule has 7 heteroatoms. The second kappa shape index (κ2) is 8.46. The Morgan fingerprint density at radius 2 is 2.00 bits per heavy atom. The Labute approximate surface area is 158 Å². The summed E-state index contributed by atoms with van der Waals surface area (Å²) < 4.78 is 6.85. The maximum atomic E-state index is 12.5. The van der Waals surface area contributed by atoms with Crippen molar-refractivity contribution in [2.75, 3.05) is 27.7 Å². The zero-order valence-electron chi connectivity index (χ0n) is 15.7. The van der Waals surface area contributed by atoms with Gasteiger partial charge in [0.2, 0.25) is 0 Å². The van der Waals surface area contributed by atoms with Gasteiger partial charge in [-0.3, -0.25) is 4.79 Å². The van der Waals surface area contributed by atoms with E-state index in [9.17, 15) is 4.79 Å². The fourth-order valence-electron chi connectivity index (χ4n) is 2.78. The lowest BCUT2D eigenvalue weighted by Gasteiger charge is -2.25. The molecule has 0 radical (unpaired) electrons. The molecule has 0 aliphatic heterocycles. The summed E-state index contributed by atoms with van der Waals surface area (Å²) in [6.07, 6.45) is 5.05. The number of pyridine rings is 1. The van der Waals surface area contributed by atoms with Crippen molar-refractivity contribution in [2.24, 2.45) is 0 Å². The molecule has 1 atom stereocenters. The number of likely N-dealkylation sites (N-methyl/N-ethyl adjacent to an activating group) is 1. The van der Waals surface area contributed by atoms with Gasteiger partial charge in [-0.05, 0) is 50.0 Å². The first-order valence-corrected chi connectivity index (χ1v) is 8.63. The van der Waals surface area contributed by atoms with E-state index in [1.807, 2.05) is 44.4 Å². The summed E-state index contributed by atoms with van der Waals surface area (Å²) in [5.74, 6) is 1.32. The lowest BCUT2D eigenvalue weighted by atomic mass is 10.1. The highest BCUT2D eigenvalue weighted by Crippen LogP contribution is 2.20. The monoisotopic (exact) mass is 365 g/mol. The molecule has 3 rings (SSSR count). The number of benzene rings is 1. The van der Waals surface area contributed by atoms with E-state index in [1.165, 1.54) is 0 Å². The molecule has 0 spiro atoms. The number of ether oxygens (including phenoxy) is 1. The molecule has 2 heterocycles. The molecule has 7 nitrogen and oxygen atoms in total. The smallest absolute Gasteiger partial charge is 0.252 e. The third kappa shape index (κ3) is 4.51. The Bertz CT molecular complexity index is 858. The number of nitrogens with zero attached hydrogens (tertiary/aromatic N) is 4. The summed E-state index contributed by atoms with van der Waals surface area (Å²) in [7, 11) is 5.62. The number of carbonyl (C=O) groups is 1. The molecule has 140 valence electrons. The van der Waals surface area contributed by atoms with E-state index in [2.05, 4.69) is 20.3 Å². The summed E-state index contributed by atoms with van der Waals surface area (Å²) in [5, 5.41) is 7.11. The lowest BCUT2D eigenvalue weighted by molar-refractivity contribution is 0.0941. The van der Waals surface area contributed by atoms with Gasteiger partial charge in [0.05, 0.1) is 18.7 Å². The van der Waals surface area contributed by atoms with Crippen LogP contribution in [0.15, 0.2) is 61.1 Å². The van der Waals surface area contributed by atoms with Crippen LogP contribution in [0.4, 0.5) is 0 Å². The molecule has 1 aromatic carbocycles. The predicted octanol–water partition coefficient (Wildman–Crippen LogP) is 2.31. The fourth-order valence-corrected chi connectivity index (χ4v) is 2.78. The summed E-state index contributed by atoms with van der Waals surface area (Å²) in [4.78, 5) is 18.9. The topological polar surface area (TPSA) is 72.3 Å². The van der Waals surface area contributed by atoms with Crippen LogP contribution in [0.25, 0.3) is 5.82 Å². The zero-order chi connectivity index (χ0) is 19.2. The van der Waals surface area contributed by atoms with E-state index < -0.39 is 0 Å². The molecule has 2 aromatic heterocycles. The van der Waals surface area contributed by atoms with Gasteiger partial charge >= 0.3 is 0 Å². The highest BCUT2D eigenvalue weighted by molar-refractivity contribution is 5.93. The molecule has 27 heavy (non-hydrogen) atoms. The number of rotatable bonds is 7. The highest BCUT2D eigenvalue weighted by atomic mass is 16.5. The highest BCUT2D eigenvalue weighted by Gasteiger charge is 2.16. The van der Waals surface area contributed by atoms with E-state index >= 15 is 0 Å². The summed E-state index contributed by atoms with van der Waals surface area (Å²) in [6.45, 7) is 0.485. The van der Waals surface area contributed by atoms with E-state index in [0.29, 0.717) is 17.9 Å². The molecular formula is C20H23N5O2. The molecule has 0 bridgehead atoms. The number of hydrogen-bond acceptors (Lipinski definition) is 5. The lowest BCUT2D eigenvalue weighted by Crippen LogP contribution is -2.34. The van der Waals surface area contributed by atoms with Crippen molar-refractivity contribution in [3.8, 4) is 11.6 Å². The van der Waals surface area contributed by atoms with Crippen molar-refractivity contribution >= 4 is 5.91 Å². The van der Waals surface area contributed by atoms with Crippen LogP contribution < -0.4 is 10.1 Å². The Balaban J connectivity index is 1.65. The van der Waals surface area contributed by atoms with E-state index in [1.54, 1.807) is 42.5 Å².